The Labute approximate surface area is 337 Å². The second-order valence-corrected chi connectivity index (χ2v) is 14.3. The van der Waals surface area contributed by atoms with Gasteiger partial charge in [-0.1, -0.05) is 170 Å². The third-order valence-corrected chi connectivity index (χ3v) is 8.96. The number of rotatable bonds is 38. The van der Waals surface area contributed by atoms with Crippen LogP contribution in [0.1, 0.15) is 188 Å². The highest BCUT2D eigenvalue weighted by atomic mass is 16.6. The van der Waals surface area contributed by atoms with Crippen LogP contribution < -0.4 is 0 Å². The lowest BCUT2D eigenvalue weighted by Gasteiger charge is -2.18. The Bertz CT molecular complexity index is 1110. The normalized spacial score (nSPS) is 12.9. The summed E-state index contributed by atoms with van der Waals surface area (Å²) in [6.07, 6.45) is 54.2. The highest BCUT2D eigenvalue weighted by Crippen LogP contribution is 2.12. The molecule has 0 spiro atoms. The topological polar surface area (TPSA) is 78.9 Å². The number of carbonyl (C=O) groups is 3. The van der Waals surface area contributed by atoms with Gasteiger partial charge in [0.2, 0.25) is 0 Å². The molecule has 0 N–H and O–H groups in total. The average Bonchev–Trinajstić information content (AvgIpc) is 3.18. The van der Waals surface area contributed by atoms with E-state index >= 15 is 0 Å². The summed E-state index contributed by atoms with van der Waals surface area (Å²) < 4.78 is 16.6. The smallest absolute Gasteiger partial charge is 0.306 e. The zero-order valence-corrected chi connectivity index (χ0v) is 35.4. The molecule has 0 bridgehead atoms. The molecule has 0 aliphatic heterocycles. The van der Waals surface area contributed by atoms with Crippen molar-refractivity contribution >= 4 is 17.9 Å². The van der Waals surface area contributed by atoms with Gasteiger partial charge in [0.15, 0.2) is 6.10 Å². The highest BCUT2D eigenvalue weighted by Gasteiger charge is 2.19. The summed E-state index contributed by atoms with van der Waals surface area (Å²) in [6.45, 7) is 6.27. The first kappa shape index (κ1) is 51.6. The predicted molar refractivity (Wildman–Crippen MR) is 233 cm³/mol. The van der Waals surface area contributed by atoms with Crippen LogP contribution >= 0.6 is 0 Å². The van der Waals surface area contributed by atoms with E-state index in [2.05, 4.69) is 81.5 Å². The number of carbonyl (C=O) groups excluding carboxylic acids is 3. The number of unbranched alkanes of at least 4 members (excludes halogenated alkanes) is 16. The van der Waals surface area contributed by atoms with E-state index in [4.69, 9.17) is 14.2 Å². The van der Waals surface area contributed by atoms with Gasteiger partial charge < -0.3 is 14.2 Å². The molecule has 0 aromatic rings. The summed E-state index contributed by atoms with van der Waals surface area (Å²) in [4.78, 5) is 37.7. The van der Waals surface area contributed by atoms with Crippen molar-refractivity contribution in [2.75, 3.05) is 13.2 Å². The molecule has 1 unspecified atom stereocenters. The highest BCUT2D eigenvalue weighted by molar-refractivity contribution is 5.71. The lowest BCUT2D eigenvalue weighted by molar-refractivity contribution is -0.167. The number of ether oxygens (including phenoxy) is 3. The molecule has 0 aliphatic rings. The van der Waals surface area contributed by atoms with E-state index in [1.807, 2.05) is 24.3 Å². The zero-order chi connectivity index (χ0) is 40.1. The van der Waals surface area contributed by atoms with Gasteiger partial charge >= 0.3 is 17.9 Å². The molecule has 6 heteroatoms. The zero-order valence-electron chi connectivity index (χ0n) is 35.4. The summed E-state index contributed by atoms with van der Waals surface area (Å²) in [5, 5.41) is 0. The molecular formula is C49H80O6. The fourth-order valence-corrected chi connectivity index (χ4v) is 5.65. The third-order valence-electron chi connectivity index (χ3n) is 8.96. The number of allylic oxidation sites excluding steroid dienone is 14. The van der Waals surface area contributed by atoms with Gasteiger partial charge in [-0.05, 0) is 83.5 Å². The van der Waals surface area contributed by atoms with Gasteiger partial charge in [-0.25, -0.2) is 0 Å². The Hall–Kier alpha value is -3.41. The molecule has 0 aliphatic carbocycles. The molecule has 312 valence electrons. The van der Waals surface area contributed by atoms with Crippen LogP contribution in [-0.4, -0.2) is 37.2 Å². The van der Waals surface area contributed by atoms with Crippen molar-refractivity contribution < 1.29 is 28.6 Å². The first-order valence-electron chi connectivity index (χ1n) is 22.1. The molecule has 0 amide bonds. The van der Waals surface area contributed by atoms with Gasteiger partial charge in [-0.2, -0.15) is 0 Å². The third kappa shape index (κ3) is 41.6. The Morgan fingerprint density at radius 2 is 0.800 bits per heavy atom. The molecule has 0 heterocycles. The summed E-state index contributed by atoms with van der Waals surface area (Å²) in [5.74, 6) is -0.959. The van der Waals surface area contributed by atoms with E-state index in [0.29, 0.717) is 19.3 Å². The van der Waals surface area contributed by atoms with Crippen LogP contribution in [-0.2, 0) is 28.6 Å². The van der Waals surface area contributed by atoms with Crippen molar-refractivity contribution in [3.8, 4) is 0 Å². The molecule has 0 aromatic heterocycles. The Morgan fingerprint density at radius 1 is 0.400 bits per heavy atom. The van der Waals surface area contributed by atoms with Crippen molar-refractivity contribution in [3.05, 3.63) is 85.1 Å². The van der Waals surface area contributed by atoms with E-state index in [0.717, 1.165) is 135 Å². The van der Waals surface area contributed by atoms with Gasteiger partial charge in [0.05, 0.1) is 0 Å². The monoisotopic (exact) mass is 765 g/mol. The van der Waals surface area contributed by atoms with Crippen LogP contribution in [0.3, 0.4) is 0 Å². The number of esters is 3. The van der Waals surface area contributed by atoms with Crippen molar-refractivity contribution in [2.24, 2.45) is 0 Å². The van der Waals surface area contributed by atoms with E-state index in [1.165, 1.54) is 12.8 Å². The second kappa shape index (κ2) is 43.3. The summed E-state index contributed by atoms with van der Waals surface area (Å²) in [5.41, 5.74) is 0. The van der Waals surface area contributed by atoms with Gasteiger partial charge in [-0.15, -0.1) is 0 Å². The molecule has 6 nitrogen and oxygen atoms in total. The van der Waals surface area contributed by atoms with Crippen molar-refractivity contribution in [1.82, 2.24) is 0 Å². The minimum absolute atomic E-state index is 0.0978. The molecule has 55 heavy (non-hydrogen) atoms. The SMILES string of the molecule is CC\C=C/C=C\C=C/C=C\CCCCCCCC(=O)OCC(COC(=O)CCCCCC/C=C\CCCC)OC(=O)CCCCCCC/C=C\C/C=C\CC. The Balaban J connectivity index is 4.46. The van der Waals surface area contributed by atoms with Crippen LogP contribution in [0.15, 0.2) is 85.1 Å². The molecule has 0 aromatic carbocycles. The van der Waals surface area contributed by atoms with Crippen LogP contribution in [0, 0.1) is 0 Å². The van der Waals surface area contributed by atoms with Crippen molar-refractivity contribution in [2.45, 2.75) is 194 Å². The lowest BCUT2D eigenvalue weighted by Crippen LogP contribution is -2.30. The molecule has 0 fully saturated rings. The minimum atomic E-state index is -0.796. The van der Waals surface area contributed by atoms with Gasteiger partial charge in [0, 0.05) is 19.3 Å². The molecule has 0 radical (unpaired) electrons. The summed E-state index contributed by atoms with van der Waals surface area (Å²) >= 11 is 0. The van der Waals surface area contributed by atoms with Crippen molar-refractivity contribution in [3.63, 3.8) is 0 Å². The van der Waals surface area contributed by atoms with Gasteiger partial charge in [-0.3, -0.25) is 14.4 Å². The van der Waals surface area contributed by atoms with E-state index in [9.17, 15) is 14.4 Å². The molecule has 0 saturated carbocycles. The lowest BCUT2D eigenvalue weighted by atomic mass is 10.1. The van der Waals surface area contributed by atoms with Crippen molar-refractivity contribution in [1.29, 1.82) is 0 Å². The van der Waals surface area contributed by atoms with E-state index < -0.39 is 6.10 Å². The molecular weight excluding hydrogens is 685 g/mol. The van der Waals surface area contributed by atoms with Crippen LogP contribution in [0.5, 0.6) is 0 Å². The summed E-state index contributed by atoms with van der Waals surface area (Å²) in [7, 11) is 0. The maximum absolute atomic E-state index is 12.7. The van der Waals surface area contributed by atoms with Crippen LogP contribution in [0.4, 0.5) is 0 Å². The maximum atomic E-state index is 12.7. The molecule has 0 saturated heterocycles. The van der Waals surface area contributed by atoms with Crippen LogP contribution in [0.2, 0.25) is 0 Å². The van der Waals surface area contributed by atoms with E-state index in [1.54, 1.807) is 0 Å². The minimum Gasteiger partial charge on any atom is -0.462 e. The van der Waals surface area contributed by atoms with Gasteiger partial charge in [0.1, 0.15) is 13.2 Å². The Morgan fingerprint density at radius 3 is 1.33 bits per heavy atom. The quantitative estimate of drug-likeness (QED) is 0.0205. The first-order chi connectivity index (χ1) is 27.0. The van der Waals surface area contributed by atoms with Gasteiger partial charge in [0.25, 0.3) is 0 Å². The number of hydrogen-bond acceptors (Lipinski definition) is 6. The molecule has 1 atom stereocenters. The predicted octanol–water partition coefficient (Wildman–Crippen LogP) is 14.1. The fraction of sp³-hybridized carbons (Fsp3) is 0.653. The molecule has 0 rings (SSSR count). The number of hydrogen-bond donors (Lipinski definition) is 0. The second-order valence-electron chi connectivity index (χ2n) is 14.3. The Kier molecular flexibility index (Phi) is 40.6. The largest absolute Gasteiger partial charge is 0.462 e. The maximum Gasteiger partial charge on any atom is 0.306 e. The van der Waals surface area contributed by atoms with Crippen LogP contribution in [0.25, 0.3) is 0 Å². The standard InChI is InChI=1S/C49H80O6/c1-4-7-10-13-16-19-22-24-25-26-28-30-33-36-39-42-48(51)54-45-46(44-53-47(50)41-38-35-32-29-21-18-15-12-9-6-3)55-49(52)43-40-37-34-31-27-23-20-17-14-11-8-5-2/h7-8,10-11,13,15-20,22,24-25,46H,4-6,9,12,14,21,23,26-45H2,1-3H3/b10-7-,11-8-,16-13-,18-15-,20-17-,22-19-,25-24-. The average molecular weight is 765 g/mol. The van der Waals surface area contributed by atoms with E-state index in [-0.39, 0.29) is 31.1 Å². The summed E-state index contributed by atoms with van der Waals surface area (Å²) in [6, 6.07) is 0. The first-order valence-corrected chi connectivity index (χ1v) is 22.1. The fourth-order valence-electron chi connectivity index (χ4n) is 5.65.